The first kappa shape index (κ1) is 11.2. The zero-order valence-electron chi connectivity index (χ0n) is 10.9. The van der Waals surface area contributed by atoms with Crippen molar-refractivity contribution in [1.82, 2.24) is 19.7 Å². The van der Waals surface area contributed by atoms with Crippen molar-refractivity contribution in [1.29, 1.82) is 0 Å². The van der Waals surface area contributed by atoms with Crippen molar-refractivity contribution >= 4 is 0 Å². The largest absolute Gasteiger partial charge is 0.320 e. The Morgan fingerprint density at radius 2 is 2.29 bits per heavy atom. The summed E-state index contributed by atoms with van der Waals surface area (Å²) in [6, 6.07) is 0. The van der Waals surface area contributed by atoms with Gasteiger partial charge in [-0.1, -0.05) is 6.92 Å². The van der Waals surface area contributed by atoms with E-state index in [1.807, 2.05) is 6.33 Å². The van der Waals surface area contributed by atoms with E-state index < -0.39 is 0 Å². The third-order valence-electron chi connectivity index (χ3n) is 4.24. The SMILES string of the molecule is Cn1cnnc1[C@@]1(C)CCCN(CC2CC2)C1. The highest BCUT2D eigenvalue weighted by atomic mass is 15.3. The van der Waals surface area contributed by atoms with Crippen LogP contribution in [-0.4, -0.2) is 39.3 Å². The quantitative estimate of drug-likeness (QED) is 0.796. The topological polar surface area (TPSA) is 34.0 Å². The van der Waals surface area contributed by atoms with Crippen molar-refractivity contribution < 1.29 is 0 Å². The standard InChI is InChI=1S/C13H22N4/c1-13(12-15-14-10-16(12)2)6-3-7-17(9-13)8-11-4-5-11/h10-11H,3-9H2,1-2H3/t13-/m0/s1. The lowest BCUT2D eigenvalue weighted by Crippen LogP contribution is -2.46. The molecule has 17 heavy (non-hydrogen) atoms. The van der Waals surface area contributed by atoms with Crippen LogP contribution in [0.15, 0.2) is 6.33 Å². The van der Waals surface area contributed by atoms with E-state index in [0.29, 0.717) is 0 Å². The molecule has 0 unspecified atom stereocenters. The van der Waals surface area contributed by atoms with Crippen molar-refractivity contribution in [2.75, 3.05) is 19.6 Å². The van der Waals surface area contributed by atoms with Crippen LogP contribution in [0.5, 0.6) is 0 Å². The molecule has 0 radical (unpaired) electrons. The average molecular weight is 234 g/mol. The van der Waals surface area contributed by atoms with Gasteiger partial charge in [0.25, 0.3) is 0 Å². The van der Waals surface area contributed by atoms with Crippen LogP contribution in [0.4, 0.5) is 0 Å². The van der Waals surface area contributed by atoms with E-state index in [4.69, 9.17) is 0 Å². The first-order chi connectivity index (χ1) is 8.17. The highest BCUT2D eigenvalue weighted by Gasteiger charge is 2.37. The van der Waals surface area contributed by atoms with Gasteiger partial charge in [-0.05, 0) is 38.1 Å². The molecule has 2 aliphatic rings. The summed E-state index contributed by atoms with van der Waals surface area (Å²) in [6.07, 6.45) is 7.23. The predicted octanol–water partition coefficient (Wildman–Crippen LogP) is 1.58. The molecule has 0 amide bonds. The Morgan fingerprint density at radius 3 is 2.94 bits per heavy atom. The molecular weight excluding hydrogens is 212 g/mol. The number of hydrogen-bond donors (Lipinski definition) is 0. The van der Waals surface area contributed by atoms with Gasteiger partial charge in [-0.3, -0.25) is 0 Å². The Bertz CT molecular complexity index is 396. The van der Waals surface area contributed by atoms with Crippen LogP contribution < -0.4 is 0 Å². The number of aryl methyl sites for hydroxylation is 1. The monoisotopic (exact) mass is 234 g/mol. The minimum Gasteiger partial charge on any atom is -0.320 e. The lowest BCUT2D eigenvalue weighted by Gasteiger charge is -2.39. The van der Waals surface area contributed by atoms with E-state index in [2.05, 4.69) is 33.6 Å². The molecule has 0 N–H and O–H groups in total. The summed E-state index contributed by atoms with van der Waals surface area (Å²) in [4.78, 5) is 2.63. The van der Waals surface area contributed by atoms with E-state index in [0.717, 1.165) is 18.3 Å². The smallest absolute Gasteiger partial charge is 0.139 e. The van der Waals surface area contributed by atoms with Gasteiger partial charge in [0.05, 0.1) is 0 Å². The van der Waals surface area contributed by atoms with Gasteiger partial charge < -0.3 is 9.47 Å². The second-order valence-electron chi connectivity index (χ2n) is 6.11. The summed E-state index contributed by atoms with van der Waals surface area (Å²) < 4.78 is 2.08. The fourth-order valence-electron chi connectivity index (χ4n) is 3.18. The average Bonchev–Trinajstić information content (AvgIpc) is 2.97. The minimum absolute atomic E-state index is 0.193. The highest BCUT2D eigenvalue weighted by Crippen LogP contribution is 2.35. The Labute approximate surface area is 103 Å². The number of aromatic nitrogens is 3. The molecule has 2 fully saturated rings. The van der Waals surface area contributed by atoms with Crippen LogP contribution in [0.3, 0.4) is 0 Å². The van der Waals surface area contributed by atoms with Gasteiger partial charge in [-0.2, -0.15) is 0 Å². The van der Waals surface area contributed by atoms with Crippen molar-refractivity contribution in [3.63, 3.8) is 0 Å². The van der Waals surface area contributed by atoms with Gasteiger partial charge >= 0.3 is 0 Å². The summed E-state index contributed by atoms with van der Waals surface area (Å²) in [5.41, 5.74) is 0.193. The van der Waals surface area contributed by atoms with Crippen molar-refractivity contribution in [3.8, 4) is 0 Å². The number of likely N-dealkylation sites (tertiary alicyclic amines) is 1. The number of nitrogens with zero attached hydrogens (tertiary/aromatic N) is 4. The number of piperidine rings is 1. The summed E-state index contributed by atoms with van der Waals surface area (Å²) in [7, 11) is 2.06. The first-order valence-electron chi connectivity index (χ1n) is 6.74. The maximum absolute atomic E-state index is 4.33. The fourth-order valence-corrected chi connectivity index (χ4v) is 3.18. The Hall–Kier alpha value is -0.900. The van der Waals surface area contributed by atoms with Gasteiger partial charge in [0.15, 0.2) is 0 Å². The van der Waals surface area contributed by atoms with Gasteiger partial charge in [-0.15, -0.1) is 10.2 Å². The molecule has 0 bridgehead atoms. The van der Waals surface area contributed by atoms with Gasteiger partial charge in [-0.25, -0.2) is 0 Å². The number of hydrogen-bond acceptors (Lipinski definition) is 3. The second-order valence-corrected chi connectivity index (χ2v) is 6.11. The molecule has 2 heterocycles. The lowest BCUT2D eigenvalue weighted by molar-refractivity contribution is 0.143. The van der Waals surface area contributed by atoms with Crippen molar-refractivity contribution in [2.24, 2.45) is 13.0 Å². The third-order valence-corrected chi connectivity index (χ3v) is 4.24. The summed E-state index contributed by atoms with van der Waals surface area (Å²) in [6.45, 7) is 6.06. The highest BCUT2D eigenvalue weighted by molar-refractivity contribution is 5.09. The zero-order chi connectivity index (χ0) is 11.9. The second kappa shape index (κ2) is 4.09. The van der Waals surface area contributed by atoms with Crippen LogP contribution in [-0.2, 0) is 12.5 Å². The lowest BCUT2D eigenvalue weighted by atomic mass is 9.81. The van der Waals surface area contributed by atoms with Gasteiger partial charge in [0, 0.05) is 25.6 Å². The van der Waals surface area contributed by atoms with E-state index in [-0.39, 0.29) is 5.41 Å². The van der Waals surface area contributed by atoms with Crippen molar-refractivity contribution in [2.45, 2.75) is 38.0 Å². The molecule has 1 atom stereocenters. The maximum atomic E-state index is 4.33. The molecule has 1 aromatic rings. The molecule has 4 nitrogen and oxygen atoms in total. The summed E-state index contributed by atoms with van der Waals surface area (Å²) in [5.74, 6) is 2.13. The molecule has 94 valence electrons. The van der Waals surface area contributed by atoms with E-state index in [9.17, 15) is 0 Å². The van der Waals surface area contributed by atoms with Gasteiger partial charge in [0.1, 0.15) is 12.2 Å². The molecule has 1 aliphatic heterocycles. The van der Waals surface area contributed by atoms with E-state index >= 15 is 0 Å². The third kappa shape index (κ3) is 2.23. The Morgan fingerprint density at radius 1 is 1.47 bits per heavy atom. The molecule has 3 rings (SSSR count). The Balaban J connectivity index is 1.74. The molecule has 1 saturated carbocycles. The maximum Gasteiger partial charge on any atom is 0.139 e. The molecule has 0 aromatic carbocycles. The fraction of sp³-hybridized carbons (Fsp3) is 0.846. The van der Waals surface area contributed by atoms with Crippen molar-refractivity contribution in [3.05, 3.63) is 12.2 Å². The number of rotatable bonds is 3. The molecule has 0 spiro atoms. The van der Waals surface area contributed by atoms with Gasteiger partial charge in [0.2, 0.25) is 0 Å². The van der Waals surface area contributed by atoms with Crippen LogP contribution >= 0.6 is 0 Å². The molecule has 1 aliphatic carbocycles. The first-order valence-corrected chi connectivity index (χ1v) is 6.74. The summed E-state index contributed by atoms with van der Waals surface area (Å²) >= 11 is 0. The summed E-state index contributed by atoms with van der Waals surface area (Å²) in [5, 5.41) is 8.36. The minimum atomic E-state index is 0.193. The normalized spacial score (nSPS) is 30.7. The zero-order valence-corrected chi connectivity index (χ0v) is 10.9. The van der Waals surface area contributed by atoms with E-state index in [1.54, 1.807) is 0 Å². The molecule has 1 saturated heterocycles. The van der Waals surface area contributed by atoms with E-state index in [1.165, 1.54) is 38.8 Å². The van der Waals surface area contributed by atoms with Crippen LogP contribution in [0.1, 0.15) is 38.4 Å². The molecule has 4 heteroatoms. The Kier molecular flexibility index (Phi) is 2.69. The molecule has 1 aromatic heterocycles. The predicted molar refractivity (Wildman–Crippen MR) is 66.8 cm³/mol. The van der Waals surface area contributed by atoms with Crippen LogP contribution in [0.2, 0.25) is 0 Å². The molecular formula is C13H22N4. The van der Waals surface area contributed by atoms with Crippen LogP contribution in [0.25, 0.3) is 0 Å². The van der Waals surface area contributed by atoms with Crippen LogP contribution in [0, 0.1) is 5.92 Å².